The van der Waals surface area contributed by atoms with Crippen LogP contribution in [0.5, 0.6) is 0 Å². The van der Waals surface area contributed by atoms with E-state index in [9.17, 15) is 4.79 Å². The van der Waals surface area contributed by atoms with Crippen LogP contribution in [0.3, 0.4) is 0 Å². The van der Waals surface area contributed by atoms with Gasteiger partial charge in [-0.3, -0.25) is 0 Å². The number of carbonyl (C=O) groups excluding carboxylic acids is 1. The number of hydrogen-bond donors (Lipinski definition) is 0. The van der Waals surface area contributed by atoms with Crippen LogP contribution in [0.15, 0.2) is 48.5 Å². The highest BCUT2D eigenvalue weighted by Gasteiger charge is 2.44. The molecule has 1 aliphatic rings. The minimum absolute atomic E-state index is 0.150. The number of rotatable bonds is 6. The Morgan fingerprint density at radius 1 is 1.07 bits per heavy atom. The molecule has 0 bridgehead atoms. The minimum Gasteiger partial charge on any atom is -0.455 e. The van der Waals surface area contributed by atoms with Gasteiger partial charge in [0, 0.05) is 12.5 Å². The molecule has 3 heteroatoms. The predicted octanol–water partition coefficient (Wildman–Crippen LogP) is 5.00. The fourth-order valence-electron chi connectivity index (χ4n) is 4.18. The lowest BCUT2D eigenvalue weighted by Gasteiger charge is -2.44. The molecule has 0 amide bonds. The van der Waals surface area contributed by atoms with Gasteiger partial charge in [0.25, 0.3) is 0 Å². The van der Waals surface area contributed by atoms with E-state index in [2.05, 4.69) is 37.2 Å². The van der Waals surface area contributed by atoms with E-state index in [1.54, 1.807) is 0 Å². The Labute approximate surface area is 163 Å². The maximum atomic E-state index is 13.0. The highest BCUT2D eigenvalue weighted by molar-refractivity contribution is 5.89. The number of esters is 1. The van der Waals surface area contributed by atoms with E-state index in [-0.39, 0.29) is 11.9 Å². The summed E-state index contributed by atoms with van der Waals surface area (Å²) in [6.45, 7) is 2.88. The van der Waals surface area contributed by atoms with Crippen LogP contribution >= 0.6 is 0 Å². The van der Waals surface area contributed by atoms with Gasteiger partial charge in [0.15, 0.2) is 0 Å². The molecule has 0 N–H and O–H groups in total. The molecule has 0 aliphatic heterocycles. The summed E-state index contributed by atoms with van der Waals surface area (Å²) in [6, 6.07) is 18.9. The van der Waals surface area contributed by atoms with Crippen LogP contribution in [0.2, 0.25) is 0 Å². The molecule has 0 heterocycles. The van der Waals surface area contributed by atoms with Crippen LogP contribution < -0.4 is 0 Å². The van der Waals surface area contributed by atoms with Crippen molar-refractivity contribution in [1.29, 1.82) is 0 Å². The topological polar surface area (TPSA) is 29.5 Å². The molecule has 2 aromatic rings. The van der Waals surface area contributed by atoms with Crippen LogP contribution in [0.4, 0.5) is 0 Å². The second kappa shape index (κ2) is 8.71. The molecule has 1 atom stereocenters. The van der Waals surface area contributed by atoms with Gasteiger partial charge in [-0.25, -0.2) is 4.79 Å². The summed E-state index contributed by atoms with van der Waals surface area (Å²) in [6.07, 6.45) is 5.25. The first kappa shape index (κ1) is 19.6. The Balaban J connectivity index is 1.94. The largest absolute Gasteiger partial charge is 0.455 e. The molecule has 0 spiro atoms. The third kappa shape index (κ3) is 4.78. The summed E-state index contributed by atoms with van der Waals surface area (Å²) < 4.78 is 6.35. The minimum atomic E-state index is -0.453. The summed E-state index contributed by atoms with van der Waals surface area (Å²) in [5, 5.41) is 0. The Kier molecular flexibility index (Phi) is 6.33. The molecule has 1 saturated carbocycles. The zero-order chi connectivity index (χ0) is 19.3. The zero-order valence-corrected chi connectivity index (χ0v) is 16.7. The van der Waals surface area contributed by atoms with Crippen molar-refractivity contribution in [3.63, 3.8) is 0 Å². The van der Waals surface area contributed by atoms with E-state index in [1.807, 2.05) is 43.3 Å². The molecule has 1 radical (unpaired) electrons. The number of hydrogen-bond acceptors (Lipinski definition) is 3. The van der Waals surface area contributed by atoms with Crippen LogP contribution in [0.25, 0.3) is 0 Å². The Morgan fingerprint density at radius 2 is 1.70 bits per heavy atom. The van der Waals surface area contributed by atoms with Crippen LogP contribution in [-0.2, 0) is 4.74 Å². The second-order valence-electron chi connectivity index (χ2n) is 8.03. The summed E-state index contributed by atoms with van der Waals surface area (Å²) in [5.41, 5.74) is 2.55. The quantitative estimate of drug-likeness (QED) is 0.676. The van der Waals surface area contributed by atoms with E-state index in [4.69, 9.17) is 4.74 Å². The molecule has 143 valence electrons. The Bertz CT molecular complexity index is 731. The first-order chi connectivity index (χ1) is 13.0. The number of aryl methyl sites for hydroxylation is 1. The van der Waals surface area contributed by atoms with Crippen LogP contribution in [-0.4, -0.2) is 37.1 Å². The molecule has 1 fully saturated rings. The van der Waals surface area contributed by atoms with Crippen molar-refractivity contribution in [2.75, 3.05) is 20.6 Å². The van der Waals surface area contributed by atoms with Crippen molar-refractivity contribution in [2.45, 2.75) is 50.5 Å². The van der Waals surface area contributed by atoms with E-state index in [1.165, 1.54) is 12.0 Å². The number of likely N-dealkylation sites (N-methyl/N-ethyl adjacent to an activating group) is 1. The number of benzene rings is 2. The molecule has 0 aromatic heterocycles. The zero-order valence-electron chi connectivity index (χ0n) is 16.7. The highest BCUT2D eigenvalue weighted by atomic mass is 16.6. The molecule has 1 unspecified atom stereocenters. The predicted molar refractivity (Wildman–Crippen MR) is 109 cm³/mol. The average Bonchev–Trinajstić information content (AvgIpc) is 2.68. The Morgan fingerprint density at radius 3 is 2.30 bits per heavy atom. The normalized spacial score (nSPS) is 17.5. The number of ether oxygens (including phenoxy) is 1. The van der Waals surface area contributed by atoms with Gasteiger partial charge >= 0.3 is 5.97 Å². The Hall–Kier alpha value is -2.13. The van der Waals surface area contributed by atoms with Gasteiger partial charge in [-0.2, -0.15) is 0 Å². The van der Waals surface area contributed by atoms with E-state index >= 15 is 0 Å². The van der Waals surface area contributed by atoms with Gasteiger partial charge in [0.1, 0.15) is 5.60 Å². The first-order valence-electron chi connectivity index (χ1n) is 9.91. The highest BCUT2D eigenvalue weighted by Crippen LogP contribution is 2.43. The van der Waals surface area contributed by atoms with Crippen molar-refractivity contribution >= 4 is 5.97 Å². The van der Waals surface area contributed by atoms with Gasteiger partial charge in [0.2, 0.25) is 0 Å². The standard InChI is InChI=1S/C24H30NO2/c1-19-12-14-21(15-13-19)23(26)27-24(16-8-5-9-17-24)22(18-25(2)3)20-10-6-4-7-11-20/h6-7,10-15,22H,5,8-9,16-18H2,1-3H3. The fourth-order valence-corrected chi connectivity index (χ4v) is 4.18. The molecule has 2 aromatic carbocycles. The van der Waals surface area contributed by atoms with Crippen molar-refractivity contribution in [3.8, 4) is 0 Å². The van der Waals surface area contributed by atoms with Crippen LogP contribution in [0.1, 0.15) is 59.5 Å². The van der Waals surface area contributed by atoms with E-state index < -0.39 is 5.60 Å². The molecule has 1 aliphatic carbocycles. The van der Waals surface area contributed by atoms with Crippen molar-refractivity contribution in [3.05, 3.63) is 71.3 Å². The maximum Gasteiger partial charge on any atom is 0.338 e. The number of carbonyl (C=O) groups is 1. The van der Waals surface area contributed by atoms with Crippen LogP contribution in [0, 0.1) is 13.0 Å². The molecule has 3 rings (SSSR count). The van der Waals surface area contributed by atoms with Gasteiger partial charge in [-0.15, -0.1) is 0 Å². The summed E-state index contributed by atoms with van der Waals surface area (Å²) in [4.78, 5) is 15.2. The lowest BCUT2D eigenvalue weighted by atomic mass is 9.72. The van der Waals surface area contributed by atoms with Crippen molar-refractivity contribution in [1.82, 2.24) is 4.90 Å². The van der Waals surface area contributed by atoms with E-state index in [0.717, 1.165) is 37.8 Å². The molecular weight excluding hydrogens is 334 g/mol. The smallest absolute Gasteiger partial charge is 0.338 e. The van der Waals surface area contributed by atoms with E-state index in [0.29, 0.717) is 5.56 Å². The third-order valence-electron chi connectivity index (χ3n) is 5.61. The molecule has 3 nitrogen and oxygen atoms in total. The fraction of sp³-hybridized carbons (Fsp3) is 0.458. The maximum absolute atomic E-state index is 13.0. The number of nitrogens with zero attached hydrogens (tertiary/aromatic N) is 1. The molecule has 0 saturated heterocycles. The molecular formula is C24H30NO2. The lowest BCUT2D eigenvalue weighted by molar-refractivity contribution is -0.0575. The molecule has 27 heavy (non-hydrogen) atoms. The average molecular weight is 365 g/mol. The summed E-state index contributed by atoms with van der Waals surface area (Å²) in [5.74, 6) is -0.0556. The lowest BCUT2D eigenvalue weighted by Crippen LogP contribution is -2.46. The van der Waals surface area contributed by atoms with Gasteiger partial charge in [-0.05, 0) is 70.5 Å². The van der Waals surface area contributed by atoms with Gasteiger partial charge in [0.05, 0.1) is 5.56 Å². The summed E-state index contributed by atoms with van der Waals surface area (Å²) >= 11 is 0. The second-order valence-corrected chi connectivity index (χ2v) is 8.03. The summed E-state index contributed by atoms with van der Waals surface area (Å²) in [7, 11) is 4.17. The SMILES string of the molecule is Cc1ccc(C(=O)OC2(C(CN(C)C)c3cc[c]cc3)CCCCC2)cc1. The van der Waals surface area contributed by atoms with Gasteiger partial charge in [-0.1, -0.05) is 48.4 Å². The van der Waals surface area contributed by atoms with Crippen molar-refractivity contribution in [2.24, 2.45) is 0 Å². The van der Waals surface area contributed by atoms with Gasteiger partial charge < -0.3 is 9.64 Å². The first-order valence-corrected chi connectivity index (χ1v) is 9.91. The van der Waals surface area contributed by atoms with Crippen molar-refractivity contribution < 1.29 is 9.53 Å². The third-order valence-corrected chi connectivity index (χ3v) is 5.61. The monoisotopic (exact) mass is 364 g/mol.